The molecule has 0 radical (unpaired) electrons. The van der Waals surface area contributed by atoms with Gasteiger partial charge in [-0.15, -0.1) is 0 Å². The molecule has 3 N–H and O–H groups in total. The minimum absolute atomic E-state index is 0.00410. The summed E-state index contributed by atoms with van der Waals surface area (Å²) >= 11 is 0. The summed E-state index contributed by atoms with van der Waals surface area (Å²) in [5, 5.41) is 10.9. The van der Waals surface area contributed by atoms with Crippen molar-refractivity contribution < 1.29 is 9.72 Å². The average molecular weight is 264 g/mol. The van der Waals surface area contributed by atoms with Crippen molar-refractivity contribution in [3.63, 3.8) is 0 Å². The van der Waals surface area contributed by atoms with Crippen LogP contribution >= 0.6 is 0 Å². The molecule has 1 aromatic rings. The van der Waals surface area contributed by atoms with Crippen molar-refractivity contribution in [3.05, 3.63) is 33.9 Å². The van der Waals surface area contributed by atoms with E-state index in [4.69, 9.17) is 5.84 Å². The Morgan fingerprint density at radius 2 is 2.00 bits per heavy atom. The summed E-state index contributed by atoms with van der Waals surface area (Å²) in [6.45, 7) is 1.81. The number of nitrogens with one attached hydrogen (secondary N) is 1. The van der Waals surface area contributed by atoms with E-state index in [9.17, 15) is 14.9 Å². The first-order chi connectivity index (χ1) is 9.13. The van der Waals surface area contributed by atoms with Crippen LogP contribution in [0, 0.1) is 10.1 Å². The molecule has 1 aliphatic heterocycles. The highest BCUT2D eigenvalue weighted by molar-refractivity contribution is 5.98. The molecule has 0 saturated carbocycles. The number of hydrogen-bond donors (Lipinski definition) is 2. The maximum atomic E-state index is 11.6. The molecule has 2 rings (SSSR count). The highest BCUT2D eigenvalue weighted by Gasteiger charge is 2.22. The smallest absolute Gasteiger partial charge is 0.282 e. The molecular formula is C12H16N4O3. The van der Waals surface area contributed by atoms with E-state index in [1.165, 1.54) is 18.6 Å². The monoisotopic (exact) mass is 264 g/mol. The SMILES string of the molecule is NNC(=O)c1cc(N2CCCCC2)ccc1[N+](=O)[O-]. The second-order valence-electron chi connectivity index (χ2n) is 4.48. The molecule has 1 fully saturated rings. The van der Waals surface area contributed by atoms with E-state index in [1.807, 2.05) is 5.43 Å². The van der Waals surface area contributed by atoms with Crippen molar-refractivity contribution in [2.24, 2.45) is 5.84 Å². The lowest BCUT2D eigenvalue weighted by Gasteiger charge is -2.29. The van der Waals surface area contributed by atoms with E-state index in [1.54, 1.807) is 6.07 Å². The summed E-state index contributed by atoms with van der Waals surface area (Å²) in [6, 6.07) is 4.57. The molecule has 0 atom stereocenters. The number of hydrazine groups is 1. The van der Waals surface area contributed by atoms with Gasteiger partial charge in [-0.25, -0.2) is 5.84 Å². The molecular weight excluding hydrogens is 248 g/mol. The Labute approximate surface area is 110 Å². The van der Waals surface area contributed by atoms with E-state index >= 15 is 0 Å². The number of benzene rings is 1. The van der Waals surface area contributed by atoms with Crippen LogP contribution in [-0.2, 0) is 0 Å². The topological polar surface area (TPSA) is 102 Å². The molecule has 7 heteroatoms. The van der Waals surface area contributed by atoms with Gasteiger partial charge >= 0.3 is 0 Å². The Bertz CT molecular complexity index is 498. The van der Waals surface area contributed by atoms with Crippen LogP contribution in [-0.4, -0.2) is 23.9 Å². The zero-order chi connectivity index (χ0) is 13.8. The summed E-state index contributed by atoms with van der Waals surface area (Å²) in [4.78, 5) is 24.1. The maximum Gasteiger partial charge on any atom is 0.282 e. The van der Waals surface area contributed by atoms with Crippen LogP contribution in [0.1, 0.15) is 29.6 Å². The normalized spacial score (nSPS) is 15.1. The number of rotatable bonds is 3. The van der Waals surface area contributed by atoms with Crippen LogP contribution in [0.2, 0.25) is 0 Å². The van der Waals surface area contributed by atoms with Gasteiger partial charge in [-0.1, -0.05) is 0 Å². The molecule has 1 aromatic carbocycles. The molecule has 1 saturated heterocycles. The molecule has 1 aliphatic rings. The number of amides is 1. The lowest BCUT2D eigenvalue weighted by Crippen LogP contribution is -2.32. The van der Waals surface area contributed by atoms with Gasteiger partial charge in [0.25, 0.3) is 11.6 Å². The Balaban J connectivity index is 2.36. The Morgan fingerprint density at radius 1 is 1.32 bits per heavy atom. The second kappa shape index (κ2) is 5.66. The average Bonchev–Trinajstić information content (AvgIpc) is 2.46. The Morgan fingerprint density at radius 3 is 2.58 bits per heavy atom. The van der Waals surface area contributed by atoms with Gasteiger partial charge in [-0.2, -0.15) is 0 Å². The van der Waals surface area contributed by atoms with E-state index in [2.05, 4.69) is 4.90 Å². The summed E-state index contributed by atoms with van der Waals surface area (Å²) in [6.07, 6.45) is 3.38. The molecule has 0 spiro atoms. The molecule has 102 valence electrons. The fourth-order valence-corrected chi connectivity index (χ4v) is 2.29. The van der Waals surface area contributed by atoms with Crippen molar-refractivity contribution in [1.29, 1.82) is 0 Å². The second-order valence-corrected chi connectivity index (χ2v) is 4.48. The van der Waals surface area contributed by atoms with Gasteiger partial charge in [0.15, 0.2) is 0 Å². The highest BCUT2D eigenvalue weighted by atomic mass is 16.6. The van der Waals surface area contributed by atoms with Crippen molar-refractivity contribution in [2.75, 3.05) is 18.0 Å². The molecule has 1 amide bonds. The molecule has 0 unspecified atom stereocenters. The van der Waals surface area contributed by atoms with Gasteiger partial charge in [0.2, 0.25) is 0 Å². The Kier molecular flexibility index (Phi) is 3.96. The molecule has 0 aliphatic carbocycles. The lowest BCUT2D eigenvalue weighted by atomic mass is 10.1. The number of nitrogens with zero attached hydrogens (tertiary/aromatic N) is 2. The van der Waals surface area contributed by atoms with Crippen LogP contribution in [0.5, 0.6) is 0 Å². The molecule has 0 bridgehead atoms. The van der Waals surface area contributed by atoms with Crippen molar-refractivity contribution >= 4 is 17.3 Å². The number of anilines is 1. The first-order valence-electron chi connectivity index (χ1n) is 6.18. The molecule has 0 aromatic heterocycles. The van der Waals surface area contributed by atoms with Gasteiger partial charge in [0, 0.05) is 24.8 Å². The minimum atomic E-state index is -0.648. The Hall–Kier alpha value is -2.15. The predicted octanol–water partition coefficient (Wildman–Crippen LogP) is 1.19. The third-order valence-electron chi connectivity index (χ3n) is 3.27. The van der Waals surface area contributed by atoms with E-state index < -0.39 is 10.8 Å². The largest absolute Gasteiger partial charge is 0.372 e. The van der Waals surface area contributed by atoms with E-state index in [0.29, 0.717) is 0 Å². The van der Waals surface area contributed by atoms with Gasteiger partial charge in [0.05, 0.1) is 4.92 Å². The van der Waals surface area contributed by atoms with E-state index in [-0.39, 0.29) is 11.3 Å². The van der Waals surface area contributed by atoms with E-state index in [0.717, 1.165) is 31.6 Å². The van der Waals surface area contributed by atoms with Gasteiger partial charge in [-0.3, -0.25) is 20.3 Å². The molecule has 1 heterocycles. The summed E-state index contributed by atoms with van der Waals surface area (Å²) in [5.74, 6) is 4.42. The van der Waals surface area contributed by atoms with Gasteiger partial charge < -0.3 is 4.90 Å². The number of piperidine rings is 1. The van der Waals surface area contributed by atoms with Crippen LogP contribution in [0.25, 0.3) is 0 Å². The van der Waals surface area contributed by atoms with Crippen molar-refractivity contribution in [1.82, 2.24) is 5.43 Å². The number of nitro groups is 1. The fraction of sp³-hybridized carbons (Fsp3) is 0.417. The zero-order valence-electron chi connectivity index (χ0n) is 10.5. The summed E-state index contributed by atoms with van der Waals surface area (Å²) < 4.78 is 0. The van der Waals surface area contributed by atoms with Crippen LogP contribution in [0.4, 0.5) is 11.4 Å². The maximum absolute atomic E-state index is 11.6. The lowest BCUT2D eigenvalue weighted by molar-refractivity contribution is -0.385. The highest BCUT2D eigenvalue weighted by Crippen LogP contribution is 2.26. The van der Waals surface area contributed by atoms with Crippen LogP contribution in [0.15, 0.2) is 18.2 Å². The quantitative estimate of drug-likeness (QED) is 0.369. The number of nitrogen functional groups attached to an aromatic ring is 1. The third-order valence-corrected chi connectivity index (χ3v) is 3.27. The number of carbonyl (C=O) groups is 1. The summed E-state index contributed by atoms with van der Waals surface area (Å²) in [5.41, 5.74) is 2.53. The van der Waals surface area contributed by atoms with Crippen molar-refractivity contribution in [3.8, 4) is 0 Å². The van der Waals surface area contributed by atoms with Crippen LogP contribution in [0.3, 0.4) is 0 Å². The third kappa shape index (κ3) is 2.82. The van der Waals surface area contributed by atoms with Crippen molar-refractivity contribution in [2.45, 2.75) is 19.3 Å². The predicted molar refractivity (Wildman–Crippen MR) is 70.8 cm³/mol. The van der Waals surface area contributed by atoms with Gasteiger partial charge in [0.1, 0.15) is 5.56 Å². The number of carbonyl (C=O) groups excluding carboxylic acids is 1. The fourth-order valence-electron chi connectivity index (χ4n) is 2.29. The number of hydrogen-bond acceptors (Lipinski definition) is 5. The van der Waals surface area contributed by atoms with Gasteiger partial charge in [-0.05, 0) is 31.4 Å². The first-order valence-corrected chi connectivity index (χ1v) is 6.18. The summed E-state index contributed by atoms with van der Waals surface area (Å²) in [7, 11) is 0. The standard InChI is InChI=1S/C12H16N4O3/c13-14-12(17)10-8-9(4-5-11(10)16(18)19)15-6-2-1-3-7-15/h4-5,8H,1-3,6-7,13H2,(H,14,17). The van der Waals surface area contributed by atoms with Crippen LogP contribution < -0.4 is 16.2 Å². The number of nitro benzene ring substituents is 1. The first kappa shape index (κ1) is 13.3. The molecule has 19 heavy (non-hydrogen) atoms. The minimum Gasteiger partial charge on any atom is -0.372 e. The number of nitrogens with two attached hydrogens (primary N) is 1. The zero-order valence-corrected chi connectivity index (χ0v) is 10.5. The molecule has 7 nitrogen and oxygen atoms in total.